The van der Waals surface area contributed by atoms with Crippen molar-refractivity contribution in [3.63, 3.8) is 0 Å². The zero-order valence-electron chi connectivity index (χ0n) is 16.3. The molecule has 9 heteroatoms. The van der Waals surface area contributed by atoms with E-state index in [0.29, 0.717) is 11.4 Å². The van der Waals surface area contributed by atoms with Crippen LogP contribution < -0.4 is 21.2 Å². The summed E-state index contributed by atoms with van der Waals surface area (Å²) in [7, 11) is 2.69. The maximum absolute atomic E-state index is 12.6. The first-order chi connectivity index (χ1) is 14.5. The number of benzene rings is 2. The summed E-state index contributed by atoms with van der Waals surface area (Å²) < 4.78 is 12.1. The Morgan fingerprint density at radius 1 is 0.933 bits per heavy atom. The predicted molar refractivity (Wildman–Crippen MR) is 109 cm³/mol. The number of nitrogens with one attached hydrogen (secondary N) is 1. The molecule has 3 rings (SSSR count). The van der Waals surface area contributed by atoms with Gasteiger partial charge in [-0.15, -0.1) is 0 Å². The standard InChI is InChI=1S/C21H19N3O6/c1-29-17-10-6-5-9-16(17)24-12-11-23(19(26)20(24)27)13-18(25)22-15-8-4-3-7-14(15)21(28)30-2/h3-12H,13H2,1-2H3,(H,22,25). The van der Waals surface area contributed by atoms with Crippen molar-refractivity contribution in [2.24, 2.45) is 0 Å². The van der Waals surface area contributed by atoms with E-state index < -0.39 is 29.5 Å². The van der Waals surface area contributed by atoms with Gasteiger partial charge in [0.25, 0.3) is 0 Å². The van der Waals surface area contributed by atoms with Crippen LogP contribution in [-0.4, -0.2) is 35.2 Å². The van der Waals surface area contributed by atoms with Crippen LogP contribution in [0.4, 0.5) is 5.69 Å². The van der Waals surface area contributed by atoms with Gasteiger partial charge in [-0.2, -0.15) is 0 Å². The Hall–Kier alpha value is -4.14. The minimum atomic E-state index is -0.875. The summed E-state index contributed by atoms with van der Waals surface area (Å²) >= 11 is 0. The normalized spacial score (nSPS) is 10.3. The third-order valence-electron chi connectivity index (χ3n) is 4.32. The molecule has 9 nitrogen and oxygen atoms in total. The van der Waals surface area contributed by atoms with Crippen LogP contribution in [0.5, 0.6) is 5.75 Å². The second-order valence-corrected chi connectivity index (χ2v) is 6.16. The summed E-state index contributed by atoms with van der Waals surface area (Å²) in [6, 6.07) is 13.1. The molecule has 0 spiro atoms. The summed E-state index contributed by atoms with van der Waals surface area (Å²) in [6.07, 6.45) is 2.72. The maximum atomic E-state index is 12.6. The first-order valence-electron chi connectivity index (χ1n) is 8.89. The summed E-state index contributed by atoms with van der Waals surface area (Å²) in [5, 5.41) is 2.56. The Balaban J connectivity index is 1.86. The highest BCUT2D eigenvalue weighted by molar-refractivity contribution is 6.01. The highest BCUT2D eigenvalue weighted by atomic mass is 16.5. The molecule has 1 heterocycles. The molecular weight excluding hydrogens is 390 g/mol. The van der Waals surface area contributed by atoms with Crippen molar-refractivity contribution in [2.75, 3.05) is 19.5 Å². The van der Waals surface area contributed by atoms with Crippen molar-refractivity contribution in [3.05, 3.63) is 87.2 Å². The van der Waals surface area contributed by atoms with Crippen molar-refractivity contribution in [1.82, 2.24) is 9.13 Å². The number of methoxy groups -OCH3 is 2. The lowest BCUT2D eigenvalue weighted by molar-refractivity contribution is -0.116. The number of hydrogen-bond acceptors (Lipinski definition) is 6. The fourth-order valence-corrected chi connectivity index (χ4v) is 2.88. The first-order valence-corrected chi connectivity index (χ1v) is 8.89. The largest absolute Gasteiger partial charge is 0.495 e. The van der Waals surface area contributed by atoms with Crippen LogP contribution in [-0.2, 0) is 16.1 Å². The average molecular weight is 409 g/mol. The number of ether oxygens (including phenoxy) is 2. The summed E-state index contributed by atoms with van der Waals surface area (Å²) in [5.41, 5.74) is -0.882. The number of rotatable bonds is 6. The smallest absolute Gasteiger partial charge is 0.339 e. The van der Waals surface area contributed by atoms with E-state index in [9.17, 15) is 19.2 Å². The molecule has 154 valence electrons. The Labute approximate surface area is 171 Å². The number of para-hydroxylation sites is 3. The number of aromatic nitrogens is 2. The molecule has 2 aromatic carbocycles. The Kier molecular flexibility index (Phi) is 6.11. The summed E-state index contributed by atoms with van der Waals surface area (Å²) in [5.74, 6) is -0.765. The Morgan fingerprint density at radius 3 is 2.37 bits per heavy atom. The van der Waals surface area contributed by atoms with E-state index >= 15 is 0 Å². The van der Waals surface area contributed by atoms with Crippen molar-refractivity contribution in [3.8, 4) is 11.4 Å². The van der Waals surface area contributed by atoms with E-state index in [1.807, 2.05) is 0 Å². The van der Waals surface area contributed by atoms with Crippen LogP contribution in [0.1, 0.15) is 10.4 Å². The molecule has 1 amide bonds. The first kappa shape index (κ1) is 20.6. The number of esters is 1. The Morgan fingerprint density at radius 2 is 1.63 bits per heavy atom. The lowest BCUT2D eigenvalue weighted by Gasteiger charge is -2.13. The van der Waals surface area contributed by atoms with Gasteiger partial charge >= 0.3 is 17.1 Å². The van der Waals surface area contributed by atoms with Crippen LogP contribution in [0.3, 0.4) is 0 Å². The highest BCUT2D eigenvalue weighted by Crippen LogP contribution is 2.20. The topological polar surface area (TPSA) is 109 Å². The molecule has 1 aromatic heterocycles. The van der Waals surface area contributed by atoms with Crippen molar-refractivity contribution in [1.29, 1.82) is 0 Å². The van der Waals surface area contributed by atoms with Crippen LogP contribution in [0, 0.1) is 0 Å². The van der Waals surface area contributed by atoms with Gasteiger partial charge in [-0.1, -0.05) is 24.3 Å². The number of hydrogen-bond donors (Lipinski definition) is 1. The number of carbonyl (C=O) groups is 2. The van der Waals surface area contributed by atoms with Gasteiger partial charge in [-0.3, -0.25) is 23.5 Å². The minimum Gasteiger partial charge on any atom is -0.495 e. The fraction of sp³-hybridized carbons (Fsp3) is 0.143. The average Bonchev–Trinajstić information content (AvgIpc) is 2.77. The third kappa shape index (κ3) is 4.14. The molecule has 3 aromatic rings. The van der Waals surface area contributed by atoms with Crippen molar-refractivity contribution in [2.45, 2.75) is 6.54 Å². The number of amides is 1. The molecule has 1 N–H and O–H groups in total. The van der Waals surface area contributed by atoms with E-state index in [1.165, 1.54) is 38.7 Å². The van der Waals surface area contributed by atoms with E-state index in [2.05, 4.69) is 10.1 Å². The van der Waals surface area contributed by atoms with E-state index in [4.69, 9.17) is 4.74 Å². The molecule has 0 aliphatic rings. The van der Waals surface area contributed by atoms with Gasteiger partial charge in [-0.05, 0) is 24.3 Å². The van der Waals surface area contributed by atoms with Gasteiger partial charge in [0.2, 0.25) is 5.91 Å². The quantitative estimate of drug-likeness (QED) is 0.487. The molecule has 0 aliphatic heterocycles. The van der Waals surface area contributed by atoms with Crippen LogP contribution in [0.25, 0.3) is 5.69 Å². The SMILES string of the molecule is COC(=O)c1ccccc1NC(=O)Cn1ccn(-c2ccccc2OC)c(=O)c1=O. The van der Waals surface area contributed by atoms with E-state index in [-0.39, 0.29) is 11.3 Å². The molecule has 0 saturated heterocycles. The van der Waals surface area contributed by atoms with Gasteiger partial charge in [0, 0.05) is 12.4 Å². The highest BCUT2D eigenvalue weighted by Gasteiger charge is 2.15. The van der Waals surface area contributed by atoms with Crippen molar-refractivity contribution >= 4 is 17.6 Å². The second kappa shape index (κ2) is 8.91. The molecule has 0 aliphatic carbocycles. The maximum Gasteiger partial charge on any atom is 0.339 e. The number of nitrogens with zero attached hydrogens (tertiary/aromatic N) is 2. The van der Waals surface area contributed by atoms with E-state index in [1.54, 1.807) is 36.4 Å². The molecule has 0 radical (unpaired) electrons. The lowest BCUT2D eigenvalue weighted by atomic mass is 10.2. The van der Waals surface area contributed by atoms with Crippen LogP contribution in [0.2, 0.25) is 0 Å². The van der Waals surface area contributed by atoms with Gasteiger partial charge in [0.1, 0.15) is 12.3 Å². The number of anilines is 1. The summed E-state index contributed by atoms with van der Waals surface area (Å²) in [4.78, 5) is 49.3. The fourth-order valence-electron chi connectivity index (χ4n) is 2.88. The zero-order chi connectivity index (χ0) is 21.7. The molecule has 0 saturated carbocycles. The zero-order valence-corrected chi connectivity index (χ0v) is 16.3. The molecular formula is C21H19N3O6. The van der Waals surface area contributed by atoms with Crippen LogP contribution in [0.15, 0.2) is 70.5 Å². The van der Waals surface area contributed by atoms with Gasteiger partial charge in [-0.25, -0.2) is 4.79 Å². The number of carbonyl (C=O) groups excluding carboxylic acids is 2. The monoisotopic (exact) mass is 409 g/mol. The third-order valence-corrected chi connectivity index (χ3v) is 4.32. The van der Waals surface area contributed by atoms with Gasteiger partial charge in [0.15, 0.2) is 0 Å². The summed E-state index contributed by atoms with van der Waals surface area (Å²) in [6.45, 7) is -0.406. The molecule has 0 bridgehead atoms. The van der Waals surface area contributed by atoms with Crippen molar-refractivity contribution < 1.29 is 19.1 Å². The molecule has 0 fully saturated rings. The van der Waals surface area contributed by atoms with Crippen LogP contribution >= 0.6 is 0 Å². The minimum absolute atomic E-state index is 0.173. The predicted octanol–water partition coefficient (Wildman–Crippen LogP) is 1.43. The molecule has 30 heavy (non-hydrogen) atoms. The Bertz CT molecular complexity index is 1210. The van der Waals surface area contributed by atoms with Gasteiger partial charge < -0.3 is 14.8 Å². The van der Waals surface area contributed by atoms with E-state index in [0.717, 1.165) is 9.13 Å². The lowest BCUT2D eigenvalue weighted by Crippen LogP contribution is -2.41. The second-order valence-electron chi connectivity index (χ2n) is 6.16. The molecule has 0 atom stereocenters. The van der Waals surface area contributed by atoms with Gasteiger partial charge in [0.05, 0.1) is 31.2 Å². The molecule has 0 unspecified atom stereocenters.